The minimum atomic E-state index is -0.757. The maximum absolute atomic E-state index is 11.5. The molecule has 0 aliphatic carbocycles. The summed E-state index contributed by atoms with van der Waals surface area (Å²) in [5.41, 5.74) is 24.6. The summed E-state index contributed by atoms with van der Waals surface area (Å²) < 4.78 is 8.82. The molecule has 0 atom stereocenters. The number of nitrogens with two attached hydrogens (primary N) is 4. The number of imidazole rings is 6. The normalized spacial score (nSPS) is 8.66. The van der Waals surface area contributed by atoms with E-state index < -0.39 is 17.7 Å². The van der Waals surface area contributed by atoms with Crippen molar-refractivity contribution in [2.75, 3.05) is 13.2 Å². The van der Waals surface area contributed by atoms with Gasteiger partial charge < -0.3 is 162 Å². The number of aromatic amines is 8. The van der Waals surface area contributed by atoms with Crippen molar-refractivity contribution < 1.29 is 214 Å². The molecule has 48 heteroatoms. The quantitative estimate of drug-likeness (QED) is 0.00496. The van der Waals surface area contributed by atoms with Crippen LogP contribution in [0, 0.1) is 168 Å². The van der Waals surface area contributed by atoms with Crippen molar-refractivity contribution in [3.63, 3.8) is 0 Å². The third-order valence-electron chi connectivity index (χ3n) is 14.3. The molecule has 0 saturated carbocycles. The van der Waals surface area contributed by atoms with E-state index in [9.17, 15) is 33.6 Å². The molecule has 720 valence electrons. The number of rotatable bonds is 16. The predicted molar refractivity (Wildman–Crippen MR) is 483 cm³/mol. The van der Waals surface area contributed by atoms with Gasteiger partial charge in [0.2, 0.25) is 11.6 Å². The fourth-order valence-corrected chi connectivity index (χ4v) is 7.64. The van der Waals surface area contributed by atoms with E-state index in [0.717, 1.165) is 121 Å². The standard InChI is InChI=1S/C12H16N5.C12H15N4O.C11H14N5O.C8H14N5.C8H13N4.C8H13N2.C6H9O2.C5H8O3.C4H6O2.CO2.6CH3.ClH.H4N2O.Na.H2O.6W.3H2/c1-6(2)11-14-9(5)10(15-11)12-13-7(3)8(4)16-17-12;1-6(2)10-14-8(4)9(15-10)11-13-5-7(3)12(17)16-11;1-5(2)9-12-6(3)8(13-9)10-14-11(17)7(4)15-16-10;1-4(2)8-11-5(3)6(12-8)7(9)13-10;1-4(2)8-11-5(3)6(12-8)7(9)10;1-5(2)8-9-6(3)7(4)10-8;1-4-8-6(7)5(2)3;1-3-8-5(7)4(2)6;1-3(5)4(2)6;2-1-3;;;;;;;;1-2-3;;;;;;;;;;;/h1-5H3,(H,14,15);5H,1-4H3,(H,14,15)(H,13,16,17);1-4H3,(H,12,13)(H,14,16,17);10H2,1-3H3,(H2,9,13)(H,11,12);1-3H3,(H3,9,10)(H,11,12);1-4H3,(H,9,10);2H,4H2,1,3H3;3H2,1-2H3;1-2H3;;6*1H3;1H;2-3H,1H2;;1H2;;;;;;;3*1H/q7*-1;;;;6*-1;;;+1;;6*+2;;;/p-1/i;;;;;;;;;;;;;;;;;;;;;;;;;;3*1+1. The van der Waals surface area contributed by atoms with Gasteiger partial charge in [-0.3, -0.25) is 65.9 Å². The summed E-state index contributed by atoms with van der Waals surface area (Å²) >= 11 is 0. The first-order valence-corrected chi connectivity index (χ1v) is 34.8. The number of amidine groups is 2. The van der Waals surface area contributed by atoms with Crippen LogP contribution in [-0.4, -0.2) is 171 Å². The Balaban J connectivity index is -0.0000000588. The number of hydrazone groups is 1. The van der Waals surface area contributed by atoms with Crippen LogP contribution in [-0.2, 0) is 169 Å². The minimum Gasteiger partial charge on any atom is -0.870 e. The molecule has 129 heavy (non-hydrogen) atoms. The Morgan fingerprint density at radius 3 is 1.05 bits per heavy atom. The summed E-state index contributed by atoms with van der Waals surface area (Å²) in [4.78, 5) is 148. The van der Waals surface area contributed by atoms with Gasteiger partial charge in [-0.1, -0.05) is 6.92 Å². The minimum absolute atomic E-state index is 0. The Kier molecular flexibility index (Phi) is 104. The van der Waals surface area contributed by atoms with Crippen LogP contribution in [0.15, 0.2) is 26.5 Å². The number of H-pyrrole nitrogens is 8. The average Bonchev–Trinajstić information content (AvgIpc) is 1.67. The Morgan fingerprint density at radius 2 is 0.783 bits per heavy atom. The molecule has 9 rings (SSSR count). The third-order valence-corrected chi connectivity index (χ3v) is 14.3. The first kappa shape index (κ1) is 161. The van der Waals surface area contributed by atoms with Crippen LogP contribution < -0.4 is 69.4 Å². The number of ether oxygens (including phenoxy) is 2. The topological polar surface area (TPSA) is 656 Å². The summed E-state index contributed by atoms with van der Waals surface area (Å²) in [7, 11) is 0. The van der Waals surface area contributed by atoms with Crippen LogP contribution in [0.5, 0.6) is 0 Å². The number of halogens is 1. The second kappa shape index (κ2) is 83.3. The number of aromatic nitrogens is 20. The molecular weight excluding hydrogens is 2720 g/mol. The number of esters is 2. The van der Waals surface area contributed by atoms with Crippen molar-refractivity contribution in [3.8, 4) is 34.6 Å². The van der Waals surface area contributed by atoms with Gasteiger partial charge in [0.15, 0.2) is 35.0 Å². The van der Waals surface area contributed by atoms with E-state index in [4.69, 9.17) is 44.1 Å². The van der Waals surface area contributed by atoms with Gasteiger partial charge in [-0.25, -0.2) is 20.6 Å². The van der Waals surface area contributed by atoms with Gasteiger partial charge >= 0.3 is 168 Å². The van der Waals surface area contributed by atoms with Gasteiger partial charge in [0.05, 0.1) is 30.3 Å². The Morgan fingerprint density at radius 1 is 0.473 bits per heavy atom. The number of carbonyl (C=O) groups is 5. The molecule has 0 radical (unpaired) electrons. The van der Waals surface area contributed by atoms with Gasteiger partial charge in [-0.05, 0) is 125 Å². The molecule has 0 fully saturated rings. The molecule has 9 aromatic heterocycles. The summed E-state index contributed by atoms with van der Waals surface area (Å²) in [6, 6.07) is 0. The molecule has 0 amide bonds. The van der Waals surface area contributed by atoms with Gasteiger partial charge in [0.1, 0.15) is 40.0 Å². The number of hydrogen-bond donors (Lipinski definition) is 15. The Labute approximate surface area is 881 Å². The number of hydrazine groups is 1. The molecule has 0 spiro atoms. The van der Waals surface area contributed by atoms with E-state index in [1.54, 1.807) is 33.9 Å². The molecule has 0 aliphatic rings. The third kappa shape index (κ3) is 60.1. The van der Waals surface area contributed by atoms with Gasteiger partial charge in [0.25, 0.3) is 11.1 Å². The van der Waals surface area contributed by atoms with Crippen molar-refractivity contribution in [1.29, 1.82) is 5.41 Å². The van der Waals surface area contributed by atoms with Gasteiger partial charge in [-0.15, -0.1) is 38.9 Å². The van der Waals surface area contributed by atoms with Gasteiger partial charge in [0, 0.05) is 71.0 Å². The molecule has 0 bridgehead atoms. The van der Waals surface area contributed by atoms with Crippen LogP contribution in [0.3, 0.4) is 0 Å². The average molecular weight is 2860 g/mol. The maximum atomic E-state index is 11.5. The number of aryl methyl sites for hydroxylation is 11. The van der Waals surface area contributed by atoms with E-state index in [1.807, 2.05) is 132 Å². The number of nitrogen functional groups attached to an aromatic ring is 1. The van der Waals surface area contributed by atoms with E-state index in [-0.39, 0.29) is 275 Å². The second-order valence-electron chi connectivity index (χ2n) is 25.7. The molecule has 0 aromatic carbocycles. The van der Waals surface area contributed by atoms with Crippen LogP contribution in [0.25, 0.3) is 34.6 Å². The van der Waals surface area contributed by atoms with Crippen molar-refractivity contribution in [3.05, 3.63) is 228 Å². The predicted octanol–water partition coefficient (Wildman–Crippen LogP) is 8.40. The first-order chi connectivity index (χ1) is 53.0. The summed E-state index contributed by atoms with van der Waals surface area (Å²) in [6.45, 7) is 58.9. The van der Waals surface area contributed by atoms with Gasteiger partial charge in [-0.2, -0.15) is 103 Å². The van der Waals surface area contributed by atoms with E-state index in [0.29, 0.717) is 58.1 Å². The molecule has 40 nitrogen and oxygen atoms in total. The molecule has 0 unspecified atom stereocenters. The molecular formula is C81H138ClN27NaO13W6-. The van der Waals surface area contributed by atoms with Crippen LogP contribution in [0.1, 0.15) is 238 Å². The van der Waals surface area contributed by atoms with Crippen LogP contribution >= 0.6 is 12.4 Å². The van der Waals surface area contributed by atoms with Crippen molar-refractivity contribution in [2.45, 2.75) is 201 Å². The molecule has 9 aromatic rings. The van der Waals surface area contributed by atoms with E-state index in [1.165, 1.54) is 39.2 Å². The molecule has 0 aliphatic heterocycles. The maximum Gasteiger partial charge on any atom is 2.00 e. The summed E-state index contributed by atoms with van der Waals surface area (Å²) in [5.74, 6) is 20.3. The fraction of sp³-hybridized carbons (Fsp3) is 0.383. The molecule has 0 saturated heterocycles. The fourth-order valence-electron chi connectivity index (χ4n) is 7.64. The number of hydrogen-bond acceptors (Lipinski definition) is 30. The number of nitrogens with one attached hydrogen (secondary N) is 10. The monoisotopic (exact) mass is 2860 g/mol. The Hall–Kier alpha value is -7.75. The summed E-state index contributed by atoms with van der Waals surface area (Å²) in [6.07, 6.45) is 1.81. The summed E-state index contributed by atoms with van der Waals surface area (Å²) in [5, 5.41) is 33.6. The zero-order valence-corrected chi connectivity index (χ0v) is 101. The zero-order chi connectivity index (χ0) is 88.5. The number of nitrogens with zero attached hydrogens (tertiary/aromatic N) is 13. The number of carbonyl (C=O) groups excluding carboxylic acids is 7. The van der Waals surface area contributed by atoms with E-state index in [2.05, 4.69) is 134 Å². The van der Waals surface area contributed by atoms with Crippen molar-refractivity contribution >= 4 is 59.5 Å². The zero-order valence-electron chi connectivity index (χ0n) is 80.9. The smallest absolute Gasteiger partial charge is 0.870 e. The van der Waals surface area contributed by atoms with Crippen molar-refractivity contribution in [1.82, 2.24) is 106 Å². The molecule has 9 heterocycles. The second-order valence-corrected chi connectivity index (χ2v) is 25.7. The number of ketones is 3. The van der Waals surface area contributed by atoms with Crippen molar-refractivity contribution in [2.24, 2.45) is 28.3 Å². The largest absolute Gasteiger partial charge is 2.00 e. The SMILES string of the molecule is CC(=O)C(C)=O.CCOC(=O)C(C)=O.Cc1[nH]c([C-](C)C)nc1-c1ncc(C)c(=O)[nH]1.Cc1[nH]c([C-](C)C)nc1-c1nnc(C)c(=O)[nH]1.Cc1[nH]c([C-](C)C)nc1C(=N)N.Cc1[nH]c([C-](C)C)nc1C(N)=NN.Cc1nc([C-](C)C)[nH]c1C.Cc1nnc(-c2nc([C-](C)C)[nH]c2C)nc1C.Cl.NNO.O=C=O.[2HH].[2HH].[2HH].[CH-]=C(C)C(=O)OCC.[CH3-].[CH3-].[CH3-].[CH3-].[CH3-].[CH3-].[Na+].[OH-].[W+2].[W+2].[W+2].[W+2].[W+2].[W+2]. The number of Topliss-reactive ketones (excluding diaryl/α,β-unsaturated/α-hetero) is 3. The molecule has 20 N–H and O–H groups in total. The van der Waals surface area contributed by atoms with Crippen LogP contribution in [0.4, 0.5) is 0 Å². The van der Waals surface area contributed by atoms with E-state index >= 15 is 0 Å². The Bertz CT molecular complexity index is 4650. The van der Waals surface area contributed by atoms with Crippen LogP contribution in [0.2, 0.25) is 0 Å². The first-order valence-electron chi connectivity index (χ1n) is 34.8.